The predicted molar refractivity (Wildman–Crippen MR) is 117 cm³/mol. The minimum Gasteiger partial charge on any atom is -0.394 e. The maximum atomic E-state index is 13.5. The number of fused-ring (bicyclic) bond motifs is 1. The van der Waals surface area contributed by atoms with E-state index in [2.05, 4.69) is 4.90 Å². The van der Waals surface area contributed by atoms with Gasteiger partial charge in [-0.25, -0.2) is 4.79 Å². The molecule has 2 heterocycles. The van der Waals surface area contributed by atoms with Crippen molar-refractivity contribution in [2.45, 2.75) is 76.6 Å². The van der Waals surface area contributed by atoms with Gasteiger partial charge in [0.05, 0.1) is 36.5 Å². The fraction of sp³-hybridized carbons (Fsp3) is 0.708. The van der Waals surface area contributed by atoms with Crippen LogP contribution < -0.4 is 5.69 Å². The molecule has 1 saturated heterocycles. The molecule has 6 heteroatoms. The second kappa shape index (κ2) is 8.13. The first-order valence-corrected chi connectivity index (χ1v) is 11.9. The van der Waals surface area contributed by atoms with Crippen LogP contribution in [-0.2, 0) is 6.54 Å². The Morgan fingerprint density at radius 3 is 2.57 bits per heavy atom. The predicted octanol–water partition coefficient (Wildman–Crippen LogP) is 3.11. The number of hydrogen-bond acceptors (Lipinski definition) is 4. The molecular weight excluding hydrogens is 378 g/mol. The molecule has 1 spiro atoms. The number of para-hydroxylation sites is 2. The van der Waals surface area contributed by atoms with Gasteiger partial charge in [-0.05, 0) is 68.4 Å². The molecule has 1 aliphatic heterocycles. The topological polar surface area (TPSA) is 70.6 Å². The van der Waals surface area contributed by atoms with Crippen molar-refractivity contribution in [1.29, 1.82) is 0 Å². The van der Waals surface area contributed by atoms with E-state index in [0.717, 1.165) is 42.9 Å². The van der Waals surface area contributed by atoms with E-state index in [1.54, 1.807) is 4.57 Å². The molecule has 0 bridgehead atoms. The Balaban J connectivity index is 1.49. The summed E-state index contributed by atoms with van der Waals surface area (Å²) < 4.78 is 3.62. The molecular formula is C24H35N3O3. The van der Waals surface area contributed by atoms with Gasteiger partial charge in [-0.15, -0.1) is 0 Å². The normalized spacial score (nSPS) is 27.5. The van der Waals surface area contributed by atoms with E-state index in [-0.39, 0.29) is 25.0 Å². The van der Waals surface area contributed by atoms with Crippen molar-refractivity contribution >= 4 is 11.0 Å². The lowest BCUT2D eigenvalue weighted by molar-refractivity contribution is 0.0470. The standard InChI is InChI=1S/C24H35N3O3/c28-17-19(29)16-26-20-8-1-2-9-21(20)27(23(26)30)22-10-4-6-14-25(22)15-18-7-3-5-11-24(18)12-13-24/h1-2,8-9,18-19,22,28-29H,3-7,10-17H2. The third-order valence-electron chi connectivity index (χ3n) is 8.04. The third kappa shape index (κ3) is 3.53. The van der Waals surface area contributed by atoms with Gasteiger partial charge in [0.15, 0.2) is 0 Å². The minimum absolute atomic E-state index is 0.0645. The van der Waals surface area contributed by atoms with Gasteiger partial charge in [0.25, 0.3) is 0 Å². The van der Waals surface area contributed by atoms with Crippen LogP contribution in [0.15, 0.2) is 29.1 Å². The van der Waals surface area contributed by atoms with Crippen molar-refractivity contribution in [1.82, 2.24) is 14.0 Å². The Bertz CT molecular complexity index is 945. The van der Waals surface area contributed by atoms with E-state index in [1.807, 2.05) is 28.8 Å². The van der Waals surface area contributed by atoms with Crippen molar-refractivity contribution in [3.63, 3.8) is 0 Å². The molecule has 5 rings (SSSR count). The van der Waals surface area contributed by atoms with Crippen molar-refractivity contribution < 1.29 is 10.2 Å². The molecule has 2 aliphatic carbocycles. The molecule has 3 fully saturated rings. The first-order valence-electron chi connectivity index (χ1n) is 11.9. The number of rotatable bonds is 6. The number of piperidine rings is 1. The minimum atomic E-state index is -0.929. The molecule has 2 N–H and O–H groups in total. The number of aromatic nitrogens is 2. The lowest BCUT2D eigenvalue weighted by atomic mass is 9.76. The van der Waals surface area contributed by atoms with Crippen LogP contribution >= 0.6 is 0 Å². The second-order valence-electron chi connectivity index (χ2n) is 9.86. The number of aliphatic hydroxyl groups excluding tert-OH is 2. The summed E-state index contributed by atoms with van der Waals surface area (Å²) in [4.78, 5) is 16.1. The van der Waals surface area contributed by atoms with Gasteiger partial charge in [-0.1, -0.05) is 25.0 Å². The summed E-state index contributed by atoms with van der Waals surface area (Å²) in [6, 6.07) is 7.89. The van der Waals surface area contributed by atoms with E-state index in [9.17, 15) is 15.0 Å². The van der Waals surface area contributed by atoms with Gasteiger partial charge in [-0.2, -0.15) is 0 Å². The van der Waals surface area contributed by atoms with E-state index in [0.29, 0.717) is 5.41 Å². The van der Waals surface area contributed by atoms with Gasteiger partial charge in [0, 0.05) is 13.1 Å². The van der Waals surface area contributed by atoms with Crippen LogP contribution in [0.25, 0.3) is 11.0 Å². The lowest BCUT2D eigenvalue weighted by Gasteiger charge is -2.42. The molecule has 0 amide bonds. The molecule has 0 radical (unpaired) electrons. The number of hydrogen-bond donors (Lipinski definition) is 2. The summed E-state index contributed by atoms with van der Waals surface area (Å²) in [5.41, 5.74) is 2.32. The zero-order valence-corrected chi connectivity index (χ0v) is 17.9. The Hall–Kier alpha value is -1.63. The summed E-state index contributed by atoms with van der Waals surface area (Å²) >= 11 is 0. The highest BCUT2D eigenvalue weighted by Crippen LogP contribution is 2.59. The summed E-state index contributed by atoms with van der Waals surface area (Å²) in [5, 5.41) is 19.3. The van der Waals surface area contributed by atoms with Crippen molar-refractivity contribution in [3.05, 3.63) is 34.7 Å². The average molecular weight is 414 g/mol. The number of likely N-dealkylation sites (tertiary alicyclic amines) is 1. The van der Waals surface area contributed by atoms with Crippen LogP contribution in [0, 0.1) is 11.3 Å². The molecule has 2 aromatic rings. The maximum absolute atomic E-state index is 13.5. The monoisotopic (exact) mass is 413 g/mol. The smallest absolute Gasteiger partial charge is 0.330 e. The Morgan fingerprint density at radius 2 is 1.80 bits per heavy atom. The van der Waals surface area contributed by atoms with Crippen LogP contribution in [0.2, 0.25) is 0 Å². The Labute approximate surface area is 178 Å². The summed E-state index contributed by atoms with van der Waals surface area (Å²) in [7, 11) is 0. The number of nitrogens with zero attached hydrogens (tertiary/aromatic N) is 3. The molecule has 1 aromatic heterocycles. The van der Waals surface area contributed by atoms with Crippen LogP contribution in [-0.4, -0.2) is 50.0 Å². The van der Waals surface area contributed by atoms with E-state index >= 15 is 0 Å². The molecule has 164 valence electrons. The zero-order chi connectivity index (χ0) is 20.7. The average Bonchev–Trinajstić information content (AvgIpc) is 3.49. The number of imidazole rings is 1. The van der Waals surface area contributed by atoms with Crippen molar-refractivity contribution in [3.8, 4) is 0 Å². The molecule has 3 aliphatic rings. The van der Waals surface area contributed by atoms with Gasteiger partial charge in [0.2, 0.25) is 0 Å². The van der Waals surface area contributed by atoms with E-state index in [1.165, 1.54) is 44.9 Å². The molecule has 6 nitrogen and oxygen atoms in total. The molecule has 30 heavy (non-hydrogen) atoms. The first kappa shape index (κ1) is 20.3. The van der Waals surface area contributed by atoms with Gasteiger partial charge in [-0.3, -0.25) is 14.0 Å². The van der Waals surface area contributed by atoms with Gasteiger partial charge < -0.3 is 10.2 Å². The van der Waals surface area contributed by atoms with Crippen LogP contribution in [0.5, 0.6) is 0 Å². The second-order valence-corrected chi connectivity index (χ2v) is 9.86. The van der Waals surface area contributed by atoms with Gasteiger partial charge in [0.1, 0.15) is 0 Å². The highest BCUT2D eigenvalue weighted by Gasteiger charge is 2.50. The highest BCUT2D eigenvalue weighted by atomic mass is 16.3. The van der Waals surface area contributed by atoms with Crippen LogP contribution in [0.3, 0.4) is 0 Å². The summed E-state index contributed by atoms with van der Waals surface area (Å²) in [6.07, 6.45) is 10.8. The van der Waals surface area contributed by atoms with E-state index in [4.69, 9.17) is 0 Å². The van der Waals surface area contributed by atoms with Crippen LogP contribution in [0.4, 0.5) is 0 Å². The van der Waals surface area contributed by atoms with Crippen LogP contribution in [0.1, 0.15) is 64.0 Å². The fourth-order valence-electron chi connectivity index (χ4n) is 6.21. The molecule has 3 unspecified atom stereocenters. The first-order chi connectivity index (χ1) is 14.6. The quantitative estimate of drug-likeness (QED) is 0.763. The maximum Gasteiger partial charge on any atom is 0.330 e. The highest BCUT2D eigenvalue weighted by molar-refractivity contribution is 5.76. The summed E-state index contributed by atoms with van der Waals surface area (Å²) in [5.74, 6) is 0.770. The third-order valence-corrected chi connectivity index (χ3v) is 8.04. The molecule has 2 saturated carbocycles. The largest absolute Gasteiger partial charge is 0.394 e. The Kier molecular flexibility index (Phi) is 5.50. The van der Waals surface area contributed by atoms with Crippen molar-refractivity contribution in [2.75, 3.05) is 19.7 Å². The Morgan fingerprint density at radius 1 is 1.03 bits per heavy atom. The number of aliphatic hydroxyl groups is 2. The molecule has 1 aromatic carbocycles. The zero-order valence-electron chi connectivity index (χ0n) is 17.9. The van der Waals surface area contributed by atoms with Crippen molar-refractivity contribution in [2.24, 2.45) is 11.3 Å². The molecule has 3 atom stereocenters. The van der Waals surface area contributed by atoms with Gasteiger partial charge >= 0.3 is 5.69 Å². The SMILES string of the molecule is O=c1n(CC(O)CO)c2ccccc2n1C1CCCCN1CC1CCCCC12CC2. The lowest BCUT2D eigenvalue weighted by Crippen LogP contribution is -2.45. The fourth-order valence-corrected chi connectivity index (χ4v) is 6.21. The number of benzene rings is 1. The van der Waals surface area contributed by atoms with E-state index < -0.39 is 6.10 Å². The summed E-state index contributed by atoms with van der Waals surface area (Å²) in [6.45, 7) is 1.95.